The molecule has 2 nitrogen and oxygen atoms in total. The average molecular weight is 267 g/mol. The van der Waals surface area contributed by atoms with Gasteiger partial charge in [-0.25, -0.2) is 0 Å². The topological polar surface area (TPSA) is 21.3 Å². The highest BCUT2D eigenvalue weighted by atomic mass is 16.5. The first-order valence-corrected chi connectivity index (χ1v) is 8.28. The molecule has 0 aromatic carbocycles. The van der Waals surface area contributed by atoms with Gasteiger partial charge in [0.05, 0.1) is 5.60 Å². The molecule has 0 aliphatic heterocycles. The van der Waals surface area contributed by atoms with Gasteiger partial charge in [-0.3, -0.25) is 0 Å². The van der Waals surface area contributed by atoms with Gasteiger partial charge in [-0.15, -0.1) is 0 Å². The Bertz CT molecular complexity index is 269. The van der Waals surface area contributed by atoms with Crippen LogP contribution in [0.4, 0.5) is 0 Å². The summed E-state index contributed by atoms with van der Waals surface area (Å²) in [6.45, 7) is 11.1. The fourth-order valence-corrected chi connectivity index (χ4v) is 2.94. The van der Waals surface area contributed by atoms with Crippen LogP contribution in [0.25, 0.3) is 0 Å². The number of rotatable bonds is 6. The molecule has 2 heteroatoms. The van der Waals surface area contributed by atoms with E-state index in [0.29, 0.717) is 0 Å². The first-order valence-electron chi connectivity index (χ1n) is 8.28. The molecule has 0 spiro atoms. The minimum atomic E-state index is 0.120. The van der Waals surface area contributed by atoms with Gasteiger partial charge in [-0.2, -0.15) is 0 Å². The molecular weight excluding hydrogens is 234 g/mol. The zero-order valence-corrected chi connectivity index (χ0v) is 13.4. The van der Waals surface area contributed by atoms with Crippen molar-refractivity contribution in [1.29, 1.82) is 0 Å². The quantitative estimate of drug-likeness (QED) is 0.781. The van der Waals surface area contributed by atoms with E-state index in [1.165, 1.54) is 44.9 Å². The van der Waals surface area contributed by atoms with Crippen LogP contribution in [0.3, 0.4) is 0 Å². The number of hydrogen-bond acceptors (Lipinski definition) is 2. The molecule has 0 aromatic heterocycles. The monoisotopic (exact) mass is 267 g/mol. The van der Waals surface area contributed by atoms with Crippen molar-refractivity contribution in [3.05, 3.63) is 0 Å². The molecule has 0 radical (unpaired) electrons. The second-order valence-corrected chi connectivity index (χ2v) is 8.05. The Morgan fingerprint density at radius 1 is 1.11 bits per heavy atom. The molecule has 2 saturated carbocycles. The van der Waals surface area contributed by atoms with Crippen molar-refractivity contribution in [3.8, 4) is 0 Å². The minimum Gasteiger partial charge on any atom is -0.374 e. The first kappa shape index (κ1) is 15.3. The fourth-order valence-electron chi connectivity index (χ4n) is 2.94. The molecule has 0 aromatic rings. The van der Waals surface area contributed by atoms with Crippen molar-refractivity contribution in [2.24, 2.45) is 11.8 Å². The van der Waals surface area contributed by atoms with E-state index in [4.69, 9.17) is 4.74 Å². The Hall–Kier alpha value is -0.0800. The third-order valence-corrected chi connectivity index (χ3v) is 4.76. The van der Waals surface area contributed by atoms with E-state index in [2.05, 4.69) is 33.0 Å². The first-order chi connectivity index (χ1) is 8.89. The van der Waals surface area contributed by atoms with Crippen molar-refractivity contribution in [3.63, 3.8) is 0 Å². The maximum Gasteiger partial charge on any atom is 0.0806 e. The summed E-state index contributed by atoms with van der Waals surface area (Å²) in [7, 11) is 0. The Kier molecular flexibility index (Phi) is 4.94. The van der Waals surface area contributed by atoms with Crippen LogP contribution < -0.4 is 5.32 Å². The van der Waals surface area contributed by atoms with Gasteiger partial charge < -0.3 is 10.1 Å². The lowest BCUT2D eigenvalue weighted by atomic mass is 9.79. The summed E-state index contributed by atoms with van der Waals surface area (Å²) in [5, 5.41) is 3.68. The molecule has 2 fully saturated rings. The molecule has 0 bridgehead atoms. The molecule has 2 aliphatic carbocycles. The standard InChI is InChI=1S/C17H33NO/c1-14-7-10-17(11-8-14,13-18-16(2,3)4)19-12-9-15-5-6-15/h14-15,18H,5-13H2,1-4H3. The van der Waals surface area contributed by atoms with Crippen molar-refractivity contribution in [2.75, 3.05) is 13.2 Å². The van der Waals surface area contributed by atoms with Gasteiger partial charge in [-0.1, -0.05) is 19.8 Å². The van der Waals surface area contributed by atoms with Crippen molar-refractivity contribution in [1.82, 2.24) is 5.32 Å². The van der Waals surface area contributed by atoms with Gasteiger partial charge in [0.1, 0.15) is 0 Å². The van der Waals surface area contributed by atoms with E-state index in [-0.39, 0.29) is 11.1 Å². The second kappa shape index (κ2) is 6.13. The minimum absolute atomic E-state index is 0.120. The lowest BCUT2D eigenvalue weighted by Gasteiger charge is -2.41. The van der Waals surface area contributed by atoms with Crippen molar-refractivity contribution >= 4 is 0 Å². The van der Waals surface area contributed by atoms with E-state index in [9.17, 15) is 0 Å². The molecule has 1 N–H and O–H groups in total. The van der Waals surface area contributed by atoms with Crippen LogP contribution in [-0.4, -0.2) is 24.3 Å². The molecule has 0 unspecified atom stereocenters. The van der Waals surface area contributed by atoms with Crippen LogP contribution in [0.1, 0.15) is 72.6 Å². The van der Waals surface area contributed by atoms with Crippen LogP contribution in [0, 0.1) is 11.8 Å². The molecule has 0 heterocycles. The number of hydrogen-bond donors (Lipinski definition) is 1. The fraction of sp³-hybridized carbons (Fsp3) is 1.00. The van der Waals surface area contributed by atoms with Gasteiger partial charge >= 0.3 is 0 Å². The summed E-state index contributed by atoms with van der Waals surface area (Å²) >= 11 is 0. The molecule has 0 atom stereocenters. The van der Waals surface area contributed by atoms with E-state index in [0.717, 1.165) is 25.0 Å². The lowest BCUT2D eigenvalue weighted by molar-refractivity contribution is -0.0797. The van der Waals surface area contributed by atoms with Crippen LogP contribution >= 0.6 is 0 Å². The van der Waals surface area contributed by atoms with Crippen LogP contribution in [0.2, 0.25) is 0 Å². The smallest absolute Gasteiger partial charge is 0.0806 e. The largest absolute Gasteiger partial charge is 0.374 e. The van der Waals surface area contributed by atoms with Crippen molar-refractivity contribution in [2.45, 2.75) is 83.8 Å². The number of ether oxygens (including phenoxy) is 1. The zero-order chi connectivity index (χ0) is 13.9. The Balaban J connectivity index is 1.83. The number of nitrogens with one attached hydrogen (secondary N) is 1. The molecule has 19 heavy (non-hydrogen) atoms. The third-order valence-electron chi connectivity index (χ3n) is 4.76. The van der Waals surface area contributed by atoms with Crippen LogP contribution in [0.5, 0.6) is 0 Å². The molecule has 0 saturated heterocycles. The summed E-state index contributed by atoms with van der Waals surface area (Å²) < 4.78 is 6.40. The van der Waals surface area contributed by atoms with Gasteiger partial charge in [0, 0.05) is 18.7 Å². The molecule has 2 aliphatic rings. The SMILES string of the molecule is CC1CCC(CNC(C)(C)C)(OCCC2CC2)CC1. The van der Waals surface area contributed by atoms with E-state index >= 15 is 0 Å². The lowest BCUT2D eigenvalue weighted by Crippen LogP contribution is -2.51. The van der Waals surface area contributed by atoms with E-state index in [1.54, 1.807) is 0 Å². The van der Waals surface area contributed by atoms with Gasteiger partial charge in [0.25, 0.3) is 0 Å². The van der Waals surface area contributed by atoms with Crippen LogP contribution in [0.15, 0.2) is 0 Å². The summed E-state index contributed by atoms with van der Waals surface area (Å²) in [4.78, 5) is 0. The summed E-state index contributed by atoms with van der Waals surface area (Å²) in [5.74, 6) is 1.87. The molecule has 2 rings (SSSR count). The summed E-state index contributed by atoms with van der Waals surface area (Å²) in [6, 6.07) is 0. The van der Waals surface area contributed by atoms with E-state index < -0.39 is 0 Å². The molecular formula is C17H33NO. The highest BCUT2D eigenvalue weighted by Crippen LogP contribution is 2.37. The second-order valence-electron chi connectivity index (χ2n) is 8.05. The normalized spacial score (nSPS) is 32.5. The zero-order valence-electron chi connectivity index (χ0n) is 13.4. The predicted molar refractivity (Wildman–Crippen MR) is 81.4 cm³/mol. The van der Waals surface area contributed by atoms with Gasteiger partial charge in [0.15, 0.2) is 0 Å². The van der Waals surface area contributed by atoms with Gasteiger partial charge in [0.2, 0.25) is 0 Å². The average Bonchev–Trinajstić information content (AvgIpc) is 3.13. The Morgan fingerprint density at radius 2 is 1.74 bits per heavy atom. The maximum absolute atomic E-state index is 6.40. The Morgan fingerprint density at radius 3 is 2.26 bits per heavy atom. The van der Waals surface area contributed by atoms with E-state index in [1.807, 2.05) is 0 Å². The molecule has 112 valence electrons. The maximum atomic E-state index is 6.40. The third kappa shape index (κ3) is 5.43. The predicted octanol–water partition coefficient (Wildman–Crippen LogP) is 4.14. The van der Waals surface area contributed by atoms with Gasteiger partial charge in [-0.05, 0) is 64.7 Å². The van der Waals surface area contributed by atoms with Crippen molar-refractivity contribution < 1.29 is 4.74 Å². The Labute approximate surface area is 119 Å². The van der Waals surface area contributed by atoms with Crippen LogP contribution in [-0.2, 0) is 4.74 Å². The molecule has 0 amide bonds. The highest BCUT2D eigenvalue weighted by molar-refractivity contribution is 4.91. The highest BCUT2D eigenvalue weighted by Gasteiger charge is 2.36. The summed E-state index contributed by atoms with van der Waals surface area (Å²) in [5.41, 5.74) is 0.310. The summed E-state index contributed by atoms with van der Waals surface area (Å²) in [6.07, 6.45) is 9.29.